The third kappa shape index (κ3) is 3.21. The number of para-hydroxylation sites is 3. The molecular weight excluding hydrogens is 482 g/mol. The molecule has 0 N–H and O–H groups in total. The maximum absolute atomic E-state index is 5.07. The minimum atomic E-state index is 0.940. The smallest absolute Gasteiger partial charge is 0.145 e. The quantitative estimate of drug-likeness (QED) is 0.240. The highest BCUT2D eigenvalue weighted by molar-refractivity contribution is 7.25. The van der Waals surface area contributed by atoms with E-state index in [0.717, 1.165) is 38.5 Å². The molecule has 0 aliphatic rings. The molecule has 3 heterocycles. The van der Waals surface area contributed by atoms with Gasteiger partial charge in [-0.25, -0.2) is 9.97 Å². The third-order valence-corrected chi connectivity index (χ3v) is 8.27. The van der Waals surface area contributed by atoms with Crippen LogP contribution < -0.4 is 0 Å². The van der Waals surface area contributed by atoms with Gasteiger partial charge >= 0.3 is 0 Å². The van der Waals surface area contributed by atoms with E-state index in [2.05, 4.69) is 120 Å². The summed E-state index contributed by atoms with van der Waals surface area (Å²) < 4.78 is 3.54. The van der Waals surface area contributed by atoms with Crippen LogP contribution in [-0.4, -0.2) is 14.5 Å². The number of thiophene rings is 1. The number of imidazole rings is 1. The van der Waals surface area contributed by atoms with Crippen LogP contribution in [0.4, 0.5) is 0 Å². The molecule has 0 saturated heterocycles. The highest BCUT2D eigenvalue weighted by Crippen LogP contribution is 2.43. The second-order valence-electron chi connectivity index (χ2n) is 9.46. The average molecular weight is 504 g/mol. The molecular formula is C34H21N3S. The van der Waals surface area contributed by atoms with Crippen LogP contribution in [0.1, 0.15) is 0 Å². The first-order valence-corrected chi connectivity index (χ1v) is 13.5. The zero-order valence-corrected chi connectivity index (χ0v) is 21.2. The van der Waals surface area contributed by atoms with E-state index in [1.54, 1.807) is 11.3 Å². The topological polar surface area (TPSA) is 30.7 Å². The van der Waals surface area contributed by atoms with Gasteiger partial charge in [0.2, 0.25) is 0 Å². The zero-order chi connectivity index (χ0) is 25.1. The Balaban J connectivity index is 1.45. The standard InChI is InChI=1S/C34H21N3S/c1-2-11-22(12-3-1)33-35-28-18-7-8-19-29(28)37(33)24-14-10-13-23(21-24)31-25-15-4-6-17-27(25)36-34-32(31)26-16-5-9-20-30(26)38-34/h1-21H. The number of hydrogen-bond acceptors (Lipinski definition) is 3. The van der Waals surface area contributed by atoms with Crippen LogP contribution in [0.25, 0.3) is 70.4 Å². The summed E-state index contributed by atoms with van der Waals surface area (Å²) in [5.41, 5.74) is 7.68. The number of aromatic nitrogens is 3. The fourth-order valence-electron chi connectivity index (χ4n) is 5.55. The van der Waals surface area contributed by atoms with Crippen LogP contribution in [0, 0.1) is 0 Å². The molecule has 0 aliphatic carbocycles. The zero-order valence-electron chi connectivity index (χ0n) is 20.4. The lowest BCUT2D eigenvalue weighted by atomic mass is 9.96. The largest absolute Gasteiger partial charge is 0.292 e. The summed E-state index contributed by atoms with van der Waals surface area (Å²) >= 11 is 1.76. The monoisotopic (exact) mass is 503 g/mol. The molecule has 5 aromatic carbocycles. The maximum Gasteiger partial charge on any atom is 0.145 e. The van der Waals surface area contributed by atoms with Crippen molar-refractivity contribution in [1.82, 2.24) is 14.5 Å². The average Bonchev–Trinajstić information content (AvgIpc) is 3.55. The molecule has 4 heteroatoms. The lowest BCUT2D eigenvalue weighted by Crippen LogP contribution is -1.98. The van der Waals surface area contributed by atoms with E-state index in [1.165, 1.54) is 32.0 Å². The highest BCUT2D eigenvalue weighted by atomic mass is 32.1. The molecule has 0 saturated carbocycles. The van der Waals surface area contributed by atoms with Crippen molar-refractivity contribution in [2.75, 3.05) is 0 Å². The predicted octanol–water partition coefficient (Wildman–Crippen LogP) is 9.28. The number of benzene rings is 5. The summed E-state index contributed by atoms with van der Waals surface area (Å²) in [5.74, 6) is 0.940. The van der Waals surface area contributed by atoms with Gasteiger partial charge in [0.25, 0.3) is 0 Å². The molecule has 0 atom stereocenters. The van der Waals surface area contributed by atoms with Gasteiger partial charge in [-0.1, -0.05) is 91.0 Å². The van der Waals surface area contributed by atoms with E-state index < -0.39 is 0 Å². The Morgan fingerprint density at radius 2 is 1.26 bits per heavy atom. The molecule has 0 aliphatic heterocycles. The molecule has 0 amide bonds. The predicted molar refractivity (Wildman–Crippen MR) is 160 cm³/mol. The van der Waals surface area contributed by atoms with Gasteiger partial charge in [-0.2, -0.15) is 0 Å². The van der Waals surface area contributed by atoms with Crippen LogP contribution in [0.15, 0.2) is 127 Å². The Hall–Kier alpha value is -4.80. The molecule has 0 radical (unpaired) electrons. The number of nitrogens with zero attached hydrogens (tertiary/aromatic N) is 3. The minimum Gasteiger partial charge on any atom is -0.292 e. The summed E-state index contributed by atoms with van der Waals surface area (Å²) in [5, 5.41) is 3.64. The van der Waals surface area contributed by atoms with Crippen LogP contribution in [0.5, 0.6) is 0 Å². The van der Waals surface area contributed by atoms with E-state index in [0.29, 0.717) is 0 Å². The van der Waals surface area contributed by atoms with Crippen molar-refractivity contribution in [3.8, 4) is 28.2 Å². The first-order chi connectivity index (χ1) is 18.8. The van der Waals surface area contributed by atoms with Crippen LogP contribution in [0.2, 0.25) is 0 Å². The second-order valence-corrected chi connectivity index (χ2v) is 10.5. The minimum absolute atomic E-state index is 0.940. The summed E-state index contributed by atoms with van der Waals surface area (Å²) in [7, 11) is 0. The lowest BCUT2D eigenvalue weighted by molar-refractivity contribution is 1.10. The van der Waals surface area contributed by atoms with Crippen LogP contribution in [0.3, 0.4) is 0 Å². The van der Waals surface area contributed by atoms with Crippen molar-refractivity contribution < 1.29 is 0 Å². The van der Waals surface area contributed by atoms with E-state index in [1.807, 2.05) is 12.1 Å². The Morgan fingerprint density at radius 1 is 0.553 bits per heavy atom. The second kappa shape index (κ2) is 8.37. The van der Waals surface area contributed by atoms with Gasteiger partial charge < -0.3 is 0 Å². The Labute approximate surface area is 223 Å². The van der Waals surface area contributed by atoms with Crippen molar-refractivity contribution in [3.05, 3.63) is 127 Å². The van der Waals surface area contributed by atoms with E-state index in [9.17, 15) is 0 Å². The highest BCUT2D eigenvalue weighted by Gasteiger charge is 2.18. The van der Waals surface area contributed by atoms with E-state index in [4.69, 9.17) is 9.97 Å². The Morgan fingerprint density at radius 3 is 2.16 bits per heavy atom. The SMILES string of the molecule is c1ccc(-c2nc3ccccc3n2-c2cccc(-c3c4ccccc4nc4sc5ccccc5c34)c2)cc1. The molecule has 3 nitrogen and oxygen atoms in total. The number of pyridine rings is 1. The van der Waals surface area contributed by atoms with Crippen molar-refractivity contribution >= 4 is 53.6 Å². The van der Waals surface area contributed by atoms with Gasteiger partial charge in [-0.3, -0.25) is 4.57 Å². The number of hydrogen-bond donors (Lipinski definition) is 0. The first-order valence-electron chi connectivity index (χ1n) is 12.7. The molecule has 178 valence electrons. The molecule has 0 bridgehead atoms. The molecule has 0 fully saturated rings. The number of fused-ring (bicyclic) bond motifs is 5. The molecule has 8 rings (SSSR count). The van der Waals surface area contributed by atoms with Gasteiger partial charge in [-0.15, -0.1) is 11.3 Å². The van der Waals surface area contributed by atoms with Crippen molar-refractivity contribution in [3.63, 3.8) is 0 Å². The van der Waals surface area contributed by atoms with Crippen LogP contribution >= 0.6 is 11.3 Å². The molecule has 8 aromatic rings. The van der Waals surface area contributed by atoms with Crippen molar-refractivity contribution in [2.45, 2.75) is 0 Å². The third-order valence-electron chi connectivity index (χ3n) is 7.21. The van der Waals surface area contributed by atoms with E-state index >= 15 is 0 Å². The summed E-state index contributed by atoms with van der Waals surface area (Å²) in [6, 6.07) is 44.7. The summed E-state index contributed by atoms with van der Waals surface area (Å²) in [6.45, 7) is 0. The van der Waals surface area contributed by atoms with Crippen molar-refractivity contribution in [2.24, 2.45) is 0 Å². The summed E-state index contributed by atoms with van der Waals surface area (Å²) in [6.07, 6.45) is 0. The molecule has 38 heavy (non-hydrogen) atoms. The Kier molecular flexibility index (Phi) is 4.69. The maximum atomic E-state index is 5.07. The fourth-order valence-corrected chi connectivity index (χ4v) is 6.64. The molecule has 0 spiro atoms. The normalized spacial score (nSPS) is 11.7. The number of rotatable bonds is 3. The van der Waals surface area contributed by atoms with Gasteiger partial charge in [0.05, 0.1) is 16.6 Å². The van der Waals surface area contributed by atoms with Gasteiger partial charge in [0, 0.05) is 37.7 Å². The molecule has 3 aromatic heterocycles. The van der Waals surface area contributed by atoms with Crippen LogP contribution in [-0.2, 0) is 0 Å². The van der Waals surface area contributed by atoms with Gasteiger partial charge in [-0.05, 0) is 42.0 Å². The van der Waals surface area contributed by atoms with Crippen molar-refractivity contribution in [1.29, 1.82) is 0 Å². The Bertz CT molecular complexity index is 2140. The summed E-state index contributed by atoms with van der Waals surface area (Å²) in [4.78, 5) is 11.2. The first kappa shape index (κ1) is 21.3. The lowest BCUT2D eigenvalue weighted by Gasteiger charge is -2.14. The molecule has 0 unspecified atom stereocenters. The van der Waals surface area contributed by atoms with E-state index in [-0.39, 0.29) is 0 Å². The fraction of sp³-hybridized carbons (Fsp3) is 0. The van der Waals surface area contributed by atoms with Gasteiger partial charge in [0.1, 0.15) is 10.7 Å². The van der Waals surface area contributed by atoms with Gasteiger partial charge in [0.15, 0.2) is 0 Å².